The highest BCUT2D eigenvalue weighted by Crippen LogP contribution is 2.31. The Morgan fingerprint density at radius 2 is 1.82 bits per heavy atom. The summed E-state index contributed by atoms with van der Waals surface area (Å²) in [5.74, 6) is -2.20. The van der Waals surface area contributed by atoms with Crippen molar-refractivity contribution in [1.82, 2.24) is 14.8 Å². The van der Waals surface area contributed by atoms with Crippen molar-refractivity contribution in [2.75, 3.05) is 13.7 Å². The van der Waals surface area contributed by atoms with Gasteiger partial charge in [0.2, 0.25) is 5.91 Å². The maximum absolute atomic E-state index is 12.6. The van der Waals surface area contributed by atoms with Gasteiger partial charge in [0.15, 0.2) is 0 Å². The summed E-state index contributed by atoms with van der Waals surface area (Å²) in [6.45, 7) is 0.464. The van der Waals surface area contributed by atoms with Gasteiger partial charge in [-0.2, -0.15) is 21.6 Å². The van der Waals surface area contributed by atoms with Crippen LogP contribution in [0.2, 0.25) is 0 Å². The SMILES string of the molecule is COc1ccc2ccc(S(=O)(=O)O)c(Cn3ccc4cc(CN5CCC(NC(=O)C(F)(F)F)C5=O)ccc43)c2c1. The number of alkyl halides is 3. The van der Waals surface area contributed by atoms with Crippen molar-refractivity contribution in [3.63, 3.8) is 0 Å². The Kier molecular flexibility index (Phi) is 6.96. The first-order chi connectivity index (χ1) is 18.8. The molecule has 0 radical (unpaired) electrons. The molecule has 4 aromatic rings. The predicted octanol–water partition coefficient (Wildman–Crippen LogP) is 3.88. The van der Waals surface area contributed by atoms with E-state index in [9.17, 15) is 35.7 Å². The number of carbonyl (C=O) groups excluding carboxylic acids is 2. The van der Waals surface area contributed by atoms with Crippen LogP contribution in [0, 0.1) is 0 Å². The maximum atomic E-state index is 12.6. The number of hydrogen-bond donors (Lipinski definition) is 2. The molecular formula is C27H24F3N3O6S. The molecule has 0 spiro atoms. The molecule has 1 aliphatic rings. The van der Waals surface area contributed by atoms with Crippen LogP contribution in [0.3, 0.4) is 0 Å². The molecule has 1 fully saturated rings. The minimum absolute atomic E-state index is 0.0746. The minimum Gasteiger partial charge on any atom is -0.497 e. The van der Waals surface area contributed by atoms with Gasteiger partial charge in [-0.3, -0.25) is 14.1 Å². The molecule has 1 aromatic heterocycles. The second-order valence-corrected chi connectivity index (χ2v) is 10.9. The standard InChI is InChI=1S/C27H24F3N3O6S/c1-39-19-5-3-17-4-7-24(40(36,37)38)21(20(17)13-19)15-32-10-8-18-12-16(2-6-23(18)32)14-33-11-9-22(25(33)34)31-26(35)27(28,29)30/h2-8,10,12-13,22H,9,11,14-15H2,1H3,(H,31,35)(H,36,37,38). The van der Waals surface area contributed by atoms with E-state index in [1.807, 2.05) is 16.7 Å². The summed E-state index contributed by atoms with van der Waals surface area (Å²) in [7, 11) is -3.03. The van der Waals surface area contributed by atoms with Crippen LogP contribution < -0.4 is 10.1 Å². The molecule has 2 heterocycles. The van der Waals surface area contributed by atoms with E-state index in [1.54, 1.807) is 47.9 Å². The number of rotatable bonds is 7. The van der Waals surface area contributed by atoms with E-state index in [-0.39, 0.29) is 31.0 Å². The summed E-state index contributed by atoms with van der Waals surface area (Å²) >= 11 is 0. The molecule has 9 nitrogen and oxygen atoms in total. The lowest BCUT2D eigenvalue weighted by atomic mass is 10.0. The van der Waals surface area contributed by atoms with E-state index in [4.69, 9.17) is 4.74 Å². The summed E-state index contributed by atoms with van der Waals surface area (Å²) in [6.07, 6.45) is -3.22. The van der Waals surface area contributed by atoms with E-state index < -0.39 is 34.2 Å². The van der Waals surface area contributed by atoms with Crippen LogP contribution in [-0.4, -0.2) is 60.1 Å². The number of hydrogen-bond acceptors (Lipinski definition) is 5. The van der Waals surface area contributed by atoms with Crippen LogP contribution in [0.4, 0.5) is 13.2 Å². The van der Waals surface area contributed by atoms with Gasteiger partial charge in [0.05, 0.1) is 12.0 Å². The highest BCUT2D eigenvalue weighted by molar-refractivity contribution is 7.85. The van der Waals surface area contributed by atoms with Gasteiger partial charge in [0.1, 0.15) is 11.8 Å². The summed E-state index contributed by atoms with van der Waals surface area (Å²) in [5, 5.41) is 3.91. The molecule has 1 aliphatic heterocycles. The van der Waals surface area contributed by atoms with E-state index in [0.29, 0.717) is 16.7 Å². The Balaban J connectivity index is 1.41. The first-order valence-electron chi connectivity index (χ1n) is 12.2. The van der Waals surface area contributed by atoms with Gasteiger partial charge in [0.25, 0.3) is 10.1 Å². The fraction of sp³-hybridized carbons (Fsp3) is 0.259. The zero-order valence-corrected chi connectivity index (χ0v) is 21.9. The van der Waals surface area contributed by atoms with Gasteiger partial charge >= 0.3 is 12.1 Å². The molecule has 1 saturated heterocycles. The fourth-order valence-corrected chi connectivity index (χ4v) is 5.75. The molecule has 0 saturated carbocycles. The summed E-state index contributed by atoms with van der Waals surface area (Å²) in [4.78, 5) is 25.0. The fourth-order valence-electron chi connectivity index (χ4n) is 5.02. The monoisotopic (exact) mass is 575 g/mol. The number of nitrogens with zero attached hydrogens (tertiary/aromatic N) is 2. The van der Waals surface area contributed by atoms with Gasteiger partial charge in [-0.15, -0.1) is 0 Å². The lowest BCUT2D eigenvalue weighted by Crippen LogP contribution is -2.46. The van der Waals surface area contributed by atoms with Crippen molar-refractivity contribution >= 4 is 43.6 Å². The molecule has 13 heteroatoms. The van der Waals surface area contributed by atoms with Gasteiger partial charge in [-0.25, -0.2) is 0 Å². The Labute approximate surface area is 226 Å². The number of amides is 2. The maximum Gasteiger partial charge on any atom is 0.471 e. The quantitative estimate of drug-likeness (QED) is 0.323. The van der Waals surface area contributed by atoms with Crippen molar-refractivity contribution in [3.8, 4) is 5.75 Å². The molecule has 1 unspecified atom stereocenters. The number of fused-ring (bicyclic) bond motifs is 2. The predicted molar refractivity (Wildman–Crippen MR) is 139 cm³/mol. The summed E-state index contributed by atoms with van der Waals surface area (Å²) in [5.41, 5.74) is 1.87. The molecule has 3 aromatic carbocycles. The van der Waals surface area contributed by atoms with Crippen LogP contribution in [0.5, 0.6) is 5.75 Å². The van der Waals surface area contributed by atoms with Crippen LogP contribution in [0.15, 0.2) is 65.7 Å². The number of aromatic nitrogens is 1. The Morgan fingerprint density at radius 1 is 1.07 bits per heavy atom. The molecule has 2 N–H and O–H groups in total. The van der Waals surface area contributed by atoms with Gasteiger partial charge < -0.3 is 19.5 Å². The van der Waals surface area contributed by atoms with Crippen LogP contribution in [-0.2, 0) is 32.8 Å². The number of likely N-dealkylation sites (tertiary alicyclic amines) is 1. The topological polar surface area (TPSA) is 118 Å². The molecule has 0 bridgehead atoms. The molecule has 5 rings (SSSR count). The second-order valence-electron chi connectivity index (χ2n) is 9.51. The lowest BCUT2D eigenvalue weighted by Gasteiger charge is -2.18. The number of methoxy groups -OCH3 is 1. The second kappa shape index (κ2) is 10.1. The molecule has 2 amide bonds. The third-order valence-electron chi connectivity index (χ3n) is 6.97. The van der Waals surface area contributed by atoms with E-state index in [1.165, 1.54) is 18.1 Å². The number of halogens is 3. The first-order valence-corrected chi connectivity index (χ1v) is 13.6. The third kappa shape index (κ3) is 5.34. The molecule has 210 valence electrons. The Morgan fingerprint density at radius 3 is 2.52 bits per heavy atom. The summed E-state index contributed by atoms with van der Waals surface area (Å²) < 4.78 is 79.2. The smallest absolute Gasteiger partial charge is 0.471 e. The van der Waals surface area contributed by atoms with E-state index in [2.05, 4.69) is 0 Å². The van der Waals surface area contributed by atoms with Crippen LogP contribution in [0.1, 0.15) is 17.5 Å². The molecule has 0 aliphatic carbocycles. The van der Waals surface area contributed by atoms with Crippen molar-refractivity contribution in [2.45, 2.75) is 36.6 Å². The highest BCUT2D eigenvalue weighted by Gasteiger charge is 2.42. The normalized spacial score (nSPS) is 16.2. The molecular weight excluding hydrogens is 551 g/mol. The molecule has 1 atom stereocenters. The van der Waals surface area contributed by atoms with Crippen molar-refractivity contribution in [2.24, 2.45) is 0 Å². The number of benzene rings is 3. The average Bonchev–Trinajstić information content (AvgIpc) is 3.45. The highest BCUT2D eigenvalue weighted by atomic mass is 32.2. The third-order valence-corrected chi connectivity index (χ3v) is 7.91. The number of nitrogens with one attached hydrogen (secondary N) is 1. The van der Waals surface area contributed by atoms with Gasteiger partial charge in [-0.05, 0) is 64.5 Å². The molecule has 40 heavy (non-hydrogen) atoms. The van der Waals surface area contributed by atoms with E-state index in [0.717, 1.165) is 21.9 Å². The lowest BCUT2D eigenvalue weighted by molar-refractivity contribution is -0.174. The van der Waals surface area contributed by atoms with Crippen LogP contribution >= 0.6 is 0 Å². The van der Waals surface area contributed by atoms with E-state index >= 15 is 0 Å². The number of ether oxygens (including phenoxy) is 1. The largest absolute Gasteiger partial charge is 0.497 e. The summed E-state index contributed by atoms with van der Waals surface area (Å²) in [6, 6.07) is 14.2. The zero-order valence-electron chi connectivity index (χ0n) is 21.1. The average molecular weight is 576 g/mol. The number of carbonyl (C=O) groups is 2. The van der Waals surface area contributed by atoms with Crippen LogP contribution in [0.25, 0.3) is 21.7 Å². The zero-order chi connectivity index (χ0) is 28.8. The Bertz CT molecular complexity index is 1750. The minimum atomic E-state index is -5.06. The van der Waals surface area contributed by atoms with Crippen molar-refractivity contribution in [1.29, 1.82) is 0 Å². The van der Waals surface area contributed by atoms with Gasteiger partial charge in [0, 0.05) is 36.9 Å². The Hall–Kier alpha value is -4.10. The van der Waals surface area contributed by atoms with Gasteiger partial charge in [-0.1, -0.05) is 18.2 Å². The van der Waals surface area contributed by atoms with Crippen molar-refractivity contribution in [3.05, 3.63) is 71.9 Å². The first kappa shape index (κ1) is 27.5. The van der Waals surface area contributed by atoms with Crippen molar-refractivity contribution < 1.29 is 40.5 Å².